The van der Waals surface area contributed by atoms with E-state index in [1.54, 1.807) is 10.6 Å². The molecule has 0 atom stereocenters. The maximum absolute atomic E-state index is 12.3. The lowest BCUT2D eigenvalue weighted by atomic mass is 10.3. The van der Waals surface area contributed by atoms with Crippen molar-refractivity contribution in [2.45, 2.75) is 33.2 Å². The molecule has 2 aromatic rings. The molecule has 2 rings (SSSR count). The quantitative estimate of drug-likeness (QED) is 0.882. The van der Waals surface area contributed by atoms with Crippen molar-refractivity contribution in [3.05, 3.63) is 28.7 Å². The van der Waals surface area contributed by atoms with E-state index in [0.29, 0.717) is 10.6 Å². The molecule has 0 radical (unpaired) electrons. The molecule has 0 saturated carbocycles. The van der Waals surface area contributed by atoms with Crippen LogP contribution in [0.3, 0.4) is 0 Å². The van der Waals surface area contributed by atoms with Crippen LogP contribution in [-0.2, 0) is 6.54 Å². The number of hydrogen-bond acceptors (Lipinski definition) is 5. The molecular weight excluding hydrogens is 260 g/mol. The molecule has 0 unspecified atom stereocenters. The third-order valence-corrected chi connectivity index (χ3v) is 3.58. The Morgan fingerprint density at radius 1 is 1.32 bits per heavy atom. The fourth-order valence-electron chi connectivity index (χ4n) is 1.75. The fraction of sp³-hybridized carbons (Fsp3) is 0.462. The van der Waals surface area contributed by atoms with Crippen LogP contribution in [0.4, 0.5) is 5.13 Å². The van der Waals surface area contributed by atoms with Crippen LogP contribution in [0.1, 0.15) is 26.7 Å². The Labute approximate surface area is 116 Å². The second kappa shape index (κ2) is 6.47. The highest BCUT2D eigenvalue weighted by Crippen LogP contribution is 2.23. The standard InChI is InChI=1S/C13H18N4OS/c1-3-7-14-13-16-15-11(19-13)10-6-5-9-17(8-4-2)12(10)18/h5-6,9H,3-4,7-8H2,1-2H3,(H,14,16). The number of rotatable bonds is 6. The van der Waals surface area contributed by atoms with Crippen molar-refractivity contribution in [3.8, 4) is 10.6 Å². The minimum absolute atomic E-state index is 0.00235. The van der Waals surface area contributed by atoms with Crippen molar-refractivity contribution in [2.75, 3.05) is 11.9 Å². The van der Waals surface area contributed by atoms with Gasteiger partial charge in [-0.05, 0) is 25.0 Å². The highest BCUT2D eigenvalue weighted by molar-refractivity contribution is 7.18. The third-order valence-electron chi connectivity index (χ3n) is 2.67. The lowest BCUT2D eigenvalue weighted by Crippen LogP contribution is -2.20. The topological polar surface area (TPSA) is 59.8 Å². The first-order valence-corrected chi connectivity index (χ1v) is 7.35. The average molecular weight is 278 g/mol. The summed E-state index contributed by atoms with van der Waals surface area (Å²) in [7, 11) is 0. The monoisotopic (exact) mass is 278 g/mol. The van der Waals surface area contributed by atoms with E-state index in [2.05, 4.69) is 29.4 Å². The molecular formula is C13H18N4OS. The molecule has 102 valence electrons. The molecule has 0 aliphatic rings. The number of pyridine rings is 1. The third kappa shape index (κ3) is 3.20. The zero-order valence-corrected chi connectivity index (χ0v) is 12.0. The first-order chi connectivity index (χ1) is 9.26. The van der Waals surface area contributed by atoms with Gasteiger partial charge in [0.25, 0.3) is 5.56 Å². The van der Waals surface area contributed by atoms with Crippen molar-refractivity contribution >= 4 is 16.5 Å². The van der Waals surface area contributed by atoms with Crippen molar-refractivity contribution in [2.24, 2.45) is 0 Å². The molecule has 0 fully saturated rings. The molecule has 0 saturated heterocycles. The summed E-state index contributed by atoms with van der Waals surface area (Å²) in [6.45, 7) is 5.74. The van der Waals surface area contributed by atoms with E-state index in [1.807, 2.05) is 12.3 Å². The number of nitrogens with zero attached hydrogens (tertiary/aromatic N) is 3. The SMILES string of the molecule is CCCNc1nnc(-c2cccn(CCC)c2=O)s1. The van der Waals surface area contributed by atoms with Crippen LogP contribution in [0, 0.1) is 0 Å². The van der Waals surface area contributed by atoms with Gasteiger partial charge < -0.3 is 9.88 Å². The van der Waals surface area contributed by atoms with E-state index in [0.717, 1.165) is 31.1 Å². The van der Waals surface area contributed by atoms with Gasteiger partial charge in [-0.3, -0.25) is 4.79 Å². The van der Waals surface area contributed by atoms with Crippen molar-refractivity contribution in [1.82, 2.24) is 14.8 Å². The summed E-state index contributed by atoms with van der Waals surface area (Å²) in [5.74, 6) is 0. The van der Waals surface area contributed by atoms with Gasteiger partial charge in [-0.15, -0.1) is 10.2 Å². The molecule has 0 aliphatic heterocycles. The summed E-state index contributed by atoms with van der Waals surface area (Å²) < 4.78 is 1.72. The molecule has 19 heavy (non-hydrogen) atoms. The van der Waals surface area contributed by atoms with Crippen LogP contribution in [0.5, 0.6) is 0 Å². The fourth-order valence-corrected chi connectivity index (χ4v) is 2.54. The first-order valence-electron chi connectivity index (χ1n) is 6.53. The van der Waals surface area contributed by atoms with E-state index in [9.17, 15) is 4.79 Å². The smallest absolute Gasteiger partial charge is 0.260 e. The number of hydrogen-bond donors (Lipinski definition) is 1. The van der Waals surface area contributed by atoms with Gasteiger partial charge >= 0.3 is 0 Å². The van der Waals surface area contributed by atoms with E-state index in [1.165, 1.54) is 11.3 Å². The largest absolute Gasteiger partial charge is 0.360 e. The van der Waals surface area contributed by atoms with Gasteiger partial charge in [0.1, 0.15) is 0 Å². The zero-order chi connectivity index (χ0) is 13.7. The van der Waals surface area contributed by atoms with Gasteiger partial charge in [-0.1, -0.05) is 25.2 Å². The second-order valence-electron chi connectivity index (χ2n) is 4.26. The van der Waals surface area contributed by atoms with Gasteiger partial charge in [-0.2, -0.15) is 0 Å². The summed E-state index contributed by atoms with van der Waals surface area (Å²) in [6.07, 6.45) is 3.78. The zero-order valence-electron chi connectivity index (χ0n) is 11.2. The summed E-state index contributed by atoms with van der Waals surface area (Å²) >= 11 is 1.42. The second-order valence-corrected chi connectivity index (χ2v) is 5.24. The van der Waals surface area contributed by atoms with Crippen molar-refractivity contribution in [3.63, 3.8) is 0 Å². The van der Waals surface area contributed by atoms with Crippen molar-refractivity contribution < 1.29 is 0 Å². The number of aromatic nitrogens is 3. The molecule has 6 heteroatoms. The summed E-state index contributed by atoms with van der Waals surface area (Å²) in [5, 5.41) is 12.8. The van der Waals surface area contributed by atoms with Crippen LogP contribution < -0.4 is 10.9 Å². The number of aryl methyl sites for hydroxylation is 1. The van der Waals surface area contributed by atoms with Gasteiger partial charge in [0.2, 0.25) is 5.13 Å². The Bertz CT molecular complexity index is 590. The van der Waals surface area contributed by atoms with E-state index < -0.39 is 0 Å². The number of nitrogens with one attached hydrogen (secondary N) is 1. The first kappa shape index (κ1) is 13.7. The van der Waals surface area contributed by atoms with E-state index in [4.69, 9.17) is 0 Å². The Balaban J connectivity index is 2.28. The molecule has 0 amide bonds. The van der Waals surface area contributed by atoms with Gasteiger partial charge in [0.05, 0.1) is 5.56 Å². The Morgan fingerprint density at radius 2 is 2.16 bits per heavy atom. The average Bonchev–Trinajstić information content (AvgIpc) is 2.87. The predicted molar refractivity (Wildman–Crippen MR) is 78.7 cm³/mol. The normalized spacial score (nSPS) is 10.6. The van der Waals surface area contributed by atoms with Crippen LogP contribution in [0.2, 0.25) is 0 Å². The molecule has 0 aliphatic carbocycles. The van der Waals surface area contributed by atoms with E-state index in [-0.39, 0.29) is 5.56 Å². The molecule has 2 aromatic heterocycles. The van der Waals surface area contributed by atoms with Crippen LogP contribution in [0.15, 0.2) is 23.1 Å². The summed E-state index contributed by atoms with van der Waals surface area (Å²) in [4.78, 5) is 12.3. The highest BCUT2D eigenvalue weighted by Gasteiger charge is 2.11. The lowest BCUT2D eigenvalue weighted by Gasteiger charge is -2.04. The molecule has 0 aromatic carbocycles. The van der Waals surface area contributed by atoms with E-state index >= 15 is 0 Å². The van der Waals surface area contributed by atoms with Crippen LogP contribution in [0.25, 0.3) is 10.6 Å². The maximum Gasteiger partial charge on any atom is 0.260 e. The van der Waals surface area contributed by atoms with Crippen molar-refractivity contribution in [1.29, 1.82) is 0 Å². The summed E-state index contributed by atoms with van der Waals surface area (Å²) in [6, 6.07) is 3.69. The predicted octanol–water partition coefficient (Wildman–Crippen LogP) is 2.60. The summed E-state index contributed by atoms with van der Waals surface area (Å²) in [5.41, 5.74) is 0.625. The van der Waals surface area contributed by atoms with Crippen LogP contribution in [-0.4, -0.2) is 21.3 Å². The van der Waals surface area contributed by atoms with Crippen LogP contribution >= 0.6 is 11.3 Å². The maximum atomic E-state index is 12.3. The molecule has 0 spiro atoms. The molecule has 0 bridgehead atoms. The Hall–Kier alpha value is -1.69. The Kier molecular flexibility index (Phi) is 4.68. The van der Waals surface area contributed by atoms with Gasteiger partial charge in [-0.25, -0.2) is 0 Å². The molecule has 1 N–H and O–H groups in total. The van der Waals surface area contributed by atoms with Gasteiger partial charge in [0.15, 0.2) is 5.01 Å². The Morgan fingerprint density at radius 3 is 2.89 bits per heavy atom. The minimum Gasteiger partial charge on any atom is -0.360 e. The lowest BCUT2D eigenvalue weighted by molar-refractivity contribution is 0.655. The minimum atomic E-state index is 0.00235. The highest BCUT2D eigenvalue weighted by atomic mass is 32.1. The molecule has 5 nitrogen and oxygen atoms in total. The van der Waals surface area contributed by atoms with Gasteiger partial charge in [0, 0.05) is 19.3 Å². The molecule has 2 heterocycles. The number of anilines is 1.